The molecule has 0 unspecified atom stereocenters. The summed E-state index contributed by atoms with van der Waals surface area (Å²) < 4.78 is 18.1. The summed E-state index contributed by atoms with van der Waals surface area (Å²) in [6, 6.07) is 0. The molecule has 0 heterocycles. The molecular formula is C12H24BrLiO5. The number of aliphatic hydroxyl groups is 1. The molecule has 0 aliphatic carbocycles. The van der Waals surface area contributed by atoms with Gasteiger partial charge in [-0.1, -0.05) is 19.3 Å². The second-order valence-corrected chi connectivity index (χ2v) is 2.02. The molecule has 0 aromatic rings. The van der Waals surface area contributed by atoms with Gasteiger partial charge in [0.05, 0.1) is 0 Å². The standard InChI is InChI=1S/C5H8O2.C3H8O2.C3H4O.CH4.BrH.Li/c1-3-4-7-5-6-2;1-4-3-5-2;1-2-3-4;;;/h1H,4-5H2,2H3;3H2,1-2H3;1,4H,3H2;1H4;1H;/q;;;;;+1/p-1. The maximum Gasteiger partial charge on any atom is 1.00 e. The van der Waals surface area contributed by atoms with Crippen molar-refractivity contribution in [1.82, 2.24) is 0 Å². The van der Waals surface area contributed by atoms with E-state index in [9.17, 15) is 0 Å². The molecule has 0 rings (SSSR count). The summed E-state index contributed by atoms with van der Waals surface area (Å²) in [7, 11) is 4.73. The fourth-order valence-corrected chi connectivity index (χ4v) is 0.302. The van der Waals surface area contributed by atoms with Crippen molar-refractivity contribution in [3.8, 4) is 24.7 Å². The quantitative estimate of drug-likeness (QED) is 0.236. The molecule has 19 heavy (non-hydrogen) atoms. The zero-order valence-electron chi connectivity index (χ0n) is 11.4. The van der Waals surface area contributed by atoms with Crippen LogP contribution in [0.4, 0.5) is 0 Å². The Morgan fingerprint density at radius 1 is 0.947 bits per heavy atom. The average Bonchev–Trinajstić information content (AvgIpc) is 2.32. The Labute approximate surface area is 140 Å². The first kappa shape index (κ1) is 36.4. The molecule has 0 radical (unpaired) electrons. The van der Waals surface area contributed by atoms with E-state index in [1.54, 1.807) is 21.3 Å². The molecule has 0 spiro atoms. The molecule has 0 bridgehead atoms. The molecule has 0 aliphatic heterocycles. The maximum absolute atomic E-state index is 7.64. The Kier molecular flexibility index (Phi) is 99.7. The number of hydrogen-bond donors (Lipinski definition) is 1. The van der Waals surface area contributed by atoms with E-state index < -0.39 is 0 Å². The normalized spacial score (nSPS) is 6.21. The third-order valence-corrected chi connectivity index (χ3v) is 0.714. The van der Waals surface area contributed by atoms with Crippen LogP contribution in [0.5, 0.6) is 0 Å². The second-order valence-electron chi connectivity index (χ2n) is 2.02. The summed E-state index contributed by atoms with van der Waals surface area (Å²) in [5, 5.41) is 7.64. The first-order chi connectivity index (χ1) is 7.74. The topological polar surface area (TPSA) is 57.2 Å². The van der Waals surface area contributed by atoms with Crippen molar-refractivity contribution in [2.45, 2.75) is 7.43 Å². The van der Waals surface area contributed by atoms with Crippen molar-refractivity contribution in [3.05, 3.63) is 0 Å². The Bertz CT molecular complexity index is 178. The van der Waals surface area contributed by atoms with Crippen LogP contribution in [0.3, 0.4) is 0 Å². The molecule has 5 nitrogen and oxygen atoms in total. The Morgan fingerprint density at radius 2 is 1.32 bits per heavy atom. The second kappa shape index (κ2) is 52.0. The van der Waals surface area contributed by atoms with Gasteiger partial charge >= 0.3 is 18.9 Å². The summed E-state index contributed by atoms with van der Waals surface area (Å²) in [5.41, 5.74) is 0. The van der Waals surface area contributed by atoms with Crippen molar-refractivity contribution in [3.63, 3.8) is 0 Å². The molecule has 0 saturated carbocycles. The van der Waals surface area contributed by atoms with Crippen LogP contribution >= 0.6 is 0 Å². The van der Waals surface area contributed by atoms with Crippen molar-refractivity contribution in [2.75, 3.05) is 48.1 Å². The van der Waals surface area contributed by atoms with Crippen LogP contribution in [0.2, 0.25) is 0 Å². The minimum absolute atomic E-state index is 0. The zero-order chi connectivity index (χ0) is 13.1. The maximum atomic E-state index is 7.64. The molecule has 0 saturated heterocycles. The average molecular weight is 335 g/mol. The van der Waals surface area contributed by atoms with E-state index in [1.807, 2.05) is 5.92 Å². The molecule has 1 N–H and O–H groups in total. The molecule has 0 aromatic carbocycles. The van der Waals surface area contributed by atoms with Crippen LogP contribution in [0.1, 0.15) is 7.43 Å². The van der Waals surface area contributed by atoms with Gasteiger partial charge in [0.15, 0.2) is 0 Å². The van der Waals surface area contributed by atoms with Crippen LogP contribution < -0.4 is 35.8 Å². The third-order valence-electron chi connectivity index (χ3n) is 0.714. The molecule has 0 aromatic heterocycles. The molecule has 110 valence electrons. The monoisotopic (exact) mass is 334 g/mol. The van der Waals surface area contributed by atoms with Crippen molar-refractivity contribution in [2.24, 2.45) is 0 Å². The number of hydrogen-bond acceptors (Lipinski definition) is 5. The smallest absolute Gasteiger partial charge is 1.00 e. The minimum atomic E-state index is -0.153. The van der Waals surface area contributed by atoms with E-state index in [0.717, 1.165) is 0 Å². The van der Waals surface area contributed by atoms with E-state index in [1.165, 1.54) is 0 Å². The zero-order valence-corrected chi connectivity index (χ0v) is 13.0. The number of terminal acetylenes is 2. The third kappa shape index (κ3) is 94.1. The predicted octanol–water partition coefficient (Wildman–Crippen LogP) is -5.27. The number of aliphatic hydroxyl groups excluding tert-OH is 1. The molecule has 0 atom stereocenters. The van der Waals surface area contributed by atoms with Gasteiger partial charge in [-0.3, -0.25) is 0 Å². The fraction of sp³-hybridized carbons (Fsp3) is 0.667. The summed E-state index contributed by atoms with van der Waals surface area (Å²) in [6.45, 7) is 0.845. The number of rotatable bonds is 5. The van der Waals surface area contributed by atoms with E-state index in [4.69, 9.17) is 11.5 Å². The van der Waals surface area contributed by atoms with Crippen LogP contribution in [0, 0.1) is 24.7 Å². The van der Waals surface area contributed by atoms with Gasteiger partial charge in [-0.2, -0.15) is 0 Å². The van der Waals surface area contributed by atoms with E-state index in [0.29, 0.717) is 13.4 Å². The summed E-state index contributed by atoms with van der Waals surface area (Å²) >= 11 is 0. The van der Waals surface area contributed by atoms with Gasteiger partial charge in [0.2, 0.25) is 0 Å². The molecule has 0 aliphatic rings. The largest absolute Gasteiger partial charge is 1.00 e. The Morgan fingerprint density at radius 3 is 1.47 bits per heavy atom. The Hall–Kier alpha value is -0.00260. The number of methoxy groups -OCH3 is 3. The van der Waals surface area contributed by atoms with Gasteiger partial charge in [-0.15, -0.1) is 12.8 Å². The van der Waals surface area contributed by atoms with E-state index >= 15 is 0 Å². The molecular weight excluding hydrogens is 311 g/mol. The van der Waals surface area contributed by atoms with Crippen molar-refractivity contribution < 1.29 is 59.9 Å². The fourth-order valence-electron chi connectivity index (χ4n) is 0.302. The van der Waals surface area contributed by atoms with Crippen molar-refractivity contribution in [1.29, 1.82) is 0 Å². The number of ether oxygens (including phenoxy) is 4. The summed E-state index contributed by atoms with van der Waals surface area (Å²) in [5.74, 6) is 4.29. The van der Waals surface area contributed by atoms with Gasteiger partial charge in [-0.25, -0.2) is 0 Å². The van der Waals surface area contributed by atoms with Crippen LogP contribution in [-0.2, 0) is 18.9 Å². The summed E-state index contributed by atoms with van der Waals surface area (Å²) in [6.07, 6.45) is 9.37. The number of halogens is 1. The molecule has 0 amide bonds. The van der Waals surface area contributed by atoms with E-state index in [2.05, 4.69) is 31.3 Å². The van der Waals surface area contributed by atoms with Gasteiger partial charge < -0.3 is 41.0 Å². The van der Waals surface area contributed by atoms with E-state index in [-0.39, 0.29) is 56.7 Å². The van der Waals surface area contributed by atoms with Crippen LogP contribution in [-0.4, -0.2) is 53.2 Å². The van der Waals surface area contributed by atoms with Crippen LogP contribution in [0.25, 0.3) is 0 Å². The van der Waals surface area contributed by atoms with Gasteiger partial charge in [0.25, 0.3) is 0 Å². The van der Waals surface area contributed by atoms with Gasteiger partial charge in [0.1, 0.15) is 26.8 Å². The Balaban J connectivity index is -0.0000000320. The molecule has 7 heteroatoms. The first-order valence-corrected chi connectivity index (χ1v) is 4.27. The van der Waals surface area contributed by atoms with Gasteiger partial charge in [-0.05, 0) is 0 Å². The molecule has 0 fully saturated rings. The van der Waals surface area contributed by atoms with Crippen LogP contribution in [0.15, 0.2) is 0 Å². The minimum Gasteiger partial charge on any atom is -1.00 e. The predicted molar refractivity (Wildman–Crippen MR) is 68.2 cm³/mol. The van der Waals surface area contributed by atoms with Gasteiger partial charge in [0, 0.05) is 21.3 Å². The van der Waals surface area contributed by atoms with Crippen molar-refractivity contribution >= 4 is 0 Å². The SMILES string of the molecule is C.C#CCO.C#CCOCOC.COCOC.[Br-].[Li+]. The first-order valence-electron chi connectivity index (χ1n) is 4.27. The summed E-state index contributed by atoms with van der Waals surface area (Å²) in [4.78, 5) is 0.